The van der Waals surface area contributed by atoms with Crippen molar-refractivity contribution in [2.24, 2.45) is 5.92 Å². The van der Waals surface area contributed by atoms with E-state index in [0.717, 1.165) is 5.56 Å². The van der Waals surface area contributed by atoms with Crippen molar-refractivity contribution in [1.29, 1.82) is 0 Å². The number of carbonyl (C=O) groups is 2. The van der Waals surface area contributed by atoms with Crippen molar-refractivity contribution in [2.75, 3.05) is 6.61 Å². The number of ether oxygens (including phenoxy) is 1. The first kappa shape index (κ1) is 9.90. The number of carbonyl (C=O) groups excluding carboxylic acids is 2. The van der Waals surface area contributed by atoms with Gasteiger partial charge in [-0.2, -0.15) is 0 Å². The molecule has 1 saturated heterocycles. The summed E-state index contributed by atoms with van der Waals surface area (Å²) in [6, 6.07) is 9.54. The van der Waals surface area contributed by atoms with Crippen LogP contribution in [0.25, 0.3) is 0 Å². The largest absolute Gasteiger partial charge is 0.464 e. The molecule has 0 saturated carbocycles. The molecule has 3 nitrogen and oxygen atoms in total. The van der Waals surface area contributed by atoms with E-state index >= 15 is 0 Å². The van der Waals surface area contributed by atoms with Gasteiger partial charge in [-0.15, -0.1) is 0 Å². The van der Waals surface area contributed by atoms with Gasteiger partial charge in [0.15, 0.2) is 0 Å². The minimum absolute atomic E-state index is 0.115. The van der Waals surface area contributed by atoms with Crippen LogP contribution in [0.15, 0.2) is 30.3 Å². The van der Waals surface area contributed by atoms with Gasteiger partial charge < -0.3 is 4.74 Å². The van der Waals surface area contributed by atoms with E-state index in [2.05, 4.69) is 0 Å². The highest BCUT2D eigenvalue weighted by Crippen LogP contribution is 2.32. The van der Waals surface area contributed by atoms with Gasteiger partial charge >= 0.3 is 5.97 Å². The van der Waals surface area contributed by atoms with E-state index in [4.69, 9.17) is 4.74 Å². The number of Topliss-reactive ketones (excluding diaryl/α,β-unsaturated/α-hetero) is 1. The fourth-order valence-corrected chi connectivity index (χ4v) is 1.96. The molecule has 3 heteroatoms. The highest BCUT2D eigenvalue weighted by Gasteiger charge is 2.40. The van der Waals surface area contributed by atoms with Crippen LogP contribution in [0.4, 0.5) is 0 Å². The summed E-state index contributed by atoms with van der Waals surface area (Å²) in [5.41, 5.74) is 0.989. The van der Waals surface area contributed by atoms with Crippen molar-refractivity contribution in [3.05, 3.63) is 35.9 Å². The topological polar surface area (TPSA) is 43.4 Å². The Bertz CT molecular complexity index is 383. The third-order valence-corrected chi connectivity index (χ3v) is 2.73. The first-order valence-electron chi connectivity index (χ1n) is 4.92. The molecule has 15 heavy (non-hydrogen) atoms. The maximum Gasteiger partial charge on any atom is 0.317 e. The SMILES string of the molecule is CC(=O)[C@@H]1C(=O)OC[C@H]1c1ccccc1. The van der Waals surface area contributed by atoms with E-state index in [9.17, 15) is 9.59 Å². The Kier molecular flexibility index (Phi) is 2.54. The number of hydrogen-bond acceptors (Lipinski definition) is 3. The molecule has 0 spiro atoms. The normalized spacial score (nSPS) is 25.0. The number of ketones is 1. The van der Waals surface area contributed by atoms with Crippen molar-refractivity contribution in [1.82, 2.24) is 0 Å². The van der Waals surface area contributed by atoms with Crippen molar-refractivity contribution >= 4 is 11.8 Å². The summed E-state index contributed by atoms with van der Waals surface area (Å²) in [5, 5.41) is 0. The van der Waals surface area contributed by atoms with E-state index < -0.39 is 11.9 Å². The fraction of sp³-hybridized carbons (Fsp3) is 0.333. The summed E-state index contributed by atoms with van der Waals surface area (Å²) in [7, 11) is 0. The Balaban J connectivity index is 2.30. The maximum atomic E-state index is 11.4. The first-order valence-corrected chi connectivity index (χ1v) is 4.92. The maximum absolute atomic E-state index is 11.4. The van der Waals surface area contributed by atoms with E-state index in [1.807, 2.05) is 30.3 Å². The standard InChI is InChI=1S/C12H12O3/c1-8(13)11-10(7-15-12(11)14)9-5-3-2-4-6-9/h2-6,10-11H,7H2,1H3/t10-,11-/m0/s1. The molecule has 2 rings (SSSR count). The van der Waals surface area contributed by atoms with Gasteiger partial charge in [0.1, 0.15) is 11.7 Å². The lowest BCUT2D eigenvalue weighted by atomic mass is 9.86. The summed E-state index contributed by atoms with van der Waals surface area (Å²) >= 11 is 0. The van der Waals surface area contributed by atoms with Crippen LogP contribution in [-0.4, -0.2) is 18.4 Å². The molecule has 0 unspecified atom stereocenters. The van der Waals surface area contributed by atoms with Crippen LogP contribution in [0.2, 0.25) is 0 Å². The molecule has 78 valence electrons. The third kappa shape index (κ3) is 1.77. The van der Waals surface area contributed by atoms with E-state index in [1.54, 1.807) is 0 Å². The Morgan fingerprint density at radius 3 is 2.60 bits per heavy atom. The minimum atomic E-state index is -0.618. The Hall–Kier alpha value is -1.64. The van der Waals surface area contributed by atoms with E-state index in [1.165, 1.54) is 6.92 Å². The first-order chi connectivity index (χ1) is 7.20. The van der Waals surface area contributed by atoms with Gasteiger partial charge in [-0.25, -0.2) is 0 Å². The second kappa shape index (κ2) is 3.85. The second-order valence-corrected chi connectivity index (χ2v) is 3.74. The Morgan fingerprint density at radius 2 is 2.00 bits per heavy atom. The van der Waals surface area contributed by atoms with Crippen molar-refractivity contribution in [3.8, 4) is 0 Å². The molecule has 1 fully saturated rings. The van der Waals surface area contributed by atoms with Gasteiger partial charge in [-0.1, -0.05) is 30.3 Å². The van der Waals surface area contributed by atoms with Crippen molar-refractivity contribution in [2.45, 2.75) is 12.8 Å². The summed E-state index contributed by atoms with van der Waals surface area (Å²) in [6.45, 7) is 1.75. The molecule has 1 aromatic rings. The lowest BCUT2D eigenvalue weighted by Crippen LogP contribution is -2.22. The average molecular weight is 204 g/mol. The highest BCUT2D eigenvalue weighted by molar-refractivity contribution is 6.00. The van der Waals surface area contributed by atoms with Gasteiger partial charge in [0, 0.05) is 5.92 Å². The Morgan fingerprint density at radius 1 is 1.33 bits per heavy atom. The van der Waals surface area contributed by atoms with Crippen LogP contribution >= 0.6 is 0 Å². The average Bonchev–Trinajstić information content (AvgIpc) is 2.61. The van der Waals surface area contributed by atoms with Crippen molar-refractivity contribution < 1.29 is 14.3 Å². The molecule has 0 aromatic heterocycles. The van der Waals surface area contributed by atoms with Crippen LogP contribution in [-0.2, 0) is 14.3 Å². The number of esters is 1. The predicted molar refractivity (Wildman–Crippen MR) is 54.3 cm³/mol. The van der Waals surface area contributed by atoms with Gasteiger partial charge in [-0.05, 0) is 12.5 Å². The van der Waals surface area contributed by atoms with Gasteiger partial charge in [-0.3, -0.25) is 9.59 Å². The number of benzene rings is 1. The lowest BCUT2D eigenvalue weighted by Gasteiger charge is -2.12. The third-order valence-electron chi connectivity index (χ3n) is 2.73. The van der Waals surface area contributed by atoms with Crippen LogP contribution < -0.4 is 0 Å². The molecule has 0 radical (unpaired) electrons. The lowest BCUT2D eigenvalue weighted by molar-refractivity contribution is -0.144. The molecular formula is C12H12O3. The molecule has 0 N–H and O–H groups in total. The fourth-order valence-electron chi connectivity index (χ4n) is 1.96. The van der Waals surface area contributed by atoms with E-state index in [-0.39, 0.29) is 11.7 Å². The molecule has 1 aliphatic heterocycles. The zero-order valence-electron chi connectivity index (χ0n) is 8.47. The van der Waals surface area contributed by atoms with Crippen LogP contribution in [0.3, 0.4) is 0 Å². The second-order valence-electron chi connectivity index (χ2n) is 3.74. The highest BCUT2D eigenvalue weighted by atomic mass is 16.5. The Labute approximate surface area is 88.1 Å². The monoisotopic (exact) mass is 204 g/mol. The summed E-state index contributed by atoms with van der Waals surface area (Å²) in [5.74, 6) is -1.24. The smallest absolute Gasteiger partial charge is 0.317 e. The number of rotatable bonds is 2. The molecule has 0 bridgehead atoms. The summed E-state index contributed by atoms with van der Waals surface area (Å²) in [6.07, 6.45) is 0. The molecule has 1 aliphatic rings. The zero-order chi connectivity index (χ0) is 10.8. The van der Waals surface area contributed by atoms with Gasteiger partial charge in [0.2, 0.25) is 0 Å². The van der Waals surface area contributed by atoms with Crippen LogP contribution in [0.1, 0.15) is 18.4 Å². The van der Waals surface area contributed by atoms with Gasteiger partial charge in [0.05, 0.1) is 6.61 Å². The minimum Gasteiger partial charge on any atom is -0.464 e. The molecule has 2 atom stereocenters. The number of cyclic esters (lactones) is 1. The van der Waals surface area contributed by atoms with Crippen LogP contribution in [0.5, 0.6) is 0 Å². The predicted octanol–water partition coefficient (Wildman–Crippen LogP) is 1.53. The molecule has 0 amide bonds. The number of hydrogen-bond donors (Lipinski definition) is 0. The molecule has 1 heterocycles. The van der Waals surface area contributed by atoms with Crippen molar-refractivity contribution in [3.63, 3.8) is 0 Å². The van der Waals surface area contributed by atoms with E-state index in [0.29, 0.717) is 6.61 Å². The zero-order valence-corrected chi connectivity index (χ0v) is 8.47. The van der Waals surface area contributed by atoms with Gasteiger partial charge in [0.25, 0.3) is 0 Å². The molecular weight excluding hydrogens is 192 g/mol. The summed E-state index contributed by atoms with van der Waals surface area (Å²) in [4.78, 5) is 22.7. The molecule has 1 aromatic carbocycles. The van der Waals surface area contributed by atoms with Crippen LogP contribution in [0, 0.1) is 5.92 Å². The summed E-state index contributed by atoms with van der Waals surface area (Å²) < 4.78 is 4.93. The quantitative estimate of drug-likeness (QED) is 0.542. The molecule has 0 aliphatic carbocycles.